The van der Waals surface area contributed by atoms with Gasteiger partial charge in [-0.2, -0.15) is 0 Å². The summed E-state index contributed by atoms with van der Waals surface area (Å²) < 4.78 is 16.8. The van der Waals surface area contributed by atoms with Gasteiger partial charge < -0.3 is 14.8 Å². The Kier molecular flexibility index (Phi) is 6.50. The van der Waals surface area contributed by atoms with Crippen LogP contribution in [0.5, 0.6) is 11.5 Å². The number of H-pyrrole nitrogens is 1. The van der Waals surface area contributed by atoms with Gasteiger partial charge in [0.05, 0.1) is 30.2 Å². The highest BCUT2D eigenvalue weighted by Gasteiger charge is 2.29. The van der Waals surface area contributed by atoms with Crippen LogP contribution in [-0.4, -0.2) is 30.6 Å². The molecule has 0 saturated carbocycles. The van der Waals surface area contributed by atoms with Gasteiger partial charge in [0.2, 0.25) is 11.6 Å². The number of aromatic nitrogens is 2. The molecule has 0 radical (unpaired) electrons. The first-order valence-corrected chi connectivity index (χ1v) is 9.78. The molecule has 2 N–H and O–H groups in total. The maximum Gasteiger partial charge on any atom is 0.442 e. The Morgan fingerprint density at radius 3 is 2.55 bits per heavy atom. The first-order valence-electron chi connectivity index (χ1n) is 8.52. The number of aromatic amines is 1. The van der Waals surface area contributed by atoms with Crippen molar-refractivity contribution in [1.82, 2.24) is 5.27 Å². The number of carbonyl (C=O) groups is 1. The van der Waals surface area contributed by atoms with E-state index in [1.54, 1.807) is 19.1 Å². The van der Waals surface area contributed by atoms with E-state index in [9.17, 15) is 9.59 Å². The summed E-state index contributed by atoms with van der Waals surface area (Å²) in [6.07, 6.45) is 0. The molecule has 1 heterocycles. The number of amides is 1. The fraction of sp³-hybridized carbons (Fsp3) is 0.211. The Bertz CT molecular complexity index is 1070. The van der Waals surface area contributed by atoms with Gasteiger partial charge in [-0.15, -0.1) is 0 Å². The predicted molar refractivity (Wildman–Crippen MR) is 109 cm³/mol. The number of nitrogens with zero attached hydrogens (tertiary/aromatic N) is 1. The number of hydrogen-bond acceptors (Lipinski definition) is 6. The van der Waals surface area contributed by atoms with E-state index in [1.165, 1.54) is 18.9 Å². The van der Waals surface area contributed by atoms with Crippen molar-refractivity contribution in [2.45, 2.75) is 17.2 Å². The van der Waals surface area contributed by atoms with Crippen LogP contribution in [0.4, 0.5) is 5.69 Å². The van der Waals surface area contributed by atoms with Gasteiger partial charge in [0.1, 0.15) is 11.5 Å². The number of carbonyl (C=O) groups excluding carboxylic acids is 1. The Morgan fingerprint density at radius 1 is 1.21 bits per heavy atom. The van der Waals surface area contributed by atoms with Crippen LogP contribution in [0.15, 0.2) is 56.8 Å². The van der Waals surface area contributed by atoms with E-state index in [0.717, 1.165) is 11.8 Å². The summed E-state index contributed by atoms with van der Waals surface area (Å²) >= 11 is 7.21. The molecule has 152 valence electrons. The van der Waals surface area contributed by atoms with Crippen molar-refractivity contribution in [2.24, 2.45) is 0 Å². The van der Waals surface area contributed by atoms with E-state index in [0.29, 0.717) is 27.9 Å². The highest BCUT2D eigenvalue weighted by molar-refractivity contribution is 8.00. The van der Waals surface area contributed by atoms with Gasteiger partial charge in [-0.3, -0.25) is 9.32 Å². The van der Waals surface area contributed by atoms with Crippen molar-refractivity contribution in [2.75, 3.05) is 19.5 Å². The van der Waals surface area contributed by atoms with Gasteiger partial charge in [0.25, 0.3) is 0 Å². The molecule has 2 aromatic carbocycles. The molecule has 29 heavy (non-hydrogen) atoms. The first kappa shape index (κ1) is 20.8. The second kappa shape index (κ2) is 9.06. The molecule has 8 nitrogen and oxygen atoms in total. The van der Waals surface area contributed by atoms with Crippen molar-refractivity contribution in [1.29, 1.82) is 0 Å². The van der Waals surface area contributed by atoms with Crippen molar-refractivity contribution in [3.63, 3.8) is 0 Å². The summed E-state index contributed by atoms with van der Waals surface area (Å²) in [6, 6.07) is 12.3. The lowest BCUT2D eigenvalue weighted by atomic mass is 10.2. The summed E-state index contributed by atoms with van der Waals surface area (Å²) in [4.78, 5) is 24.8. The quantitative estimate of drug-likeness (QED) is 0.436. The molecule has 0 fully saturated rings. The fourth-order valence-electron chi connectivity index (χ4n) is 2.52. The van der Waals surface area contributed by atoms with E-state index in [2.05, 4.69) is 10.6 Å². The third kappa shape index (κ3) is 4.57. The summed E-state index contributed by atoms with van der Waals surface area (Å²) in [7, 11) is 2.96. The molecule has 0 bridgehead atoms. The van der Waals surface area contributed by atoms with Crippen LogP contribution in [0.3, 0.4) is 0 Å². The second-order valence-corrected chi connectivity index (χ2v) is 7.63. The minimum Gasteiger partial charge on any atom is -0.495 e. The number of thioether (sulfide) groups is 1. The number of benzene rings is 2. The number of halogens is 1. The summed E-state index contributed by atoms with van der Waals surface area (Å²) in [5.41, 5.74) is 0.536. The summed E-state index contributed by atoms with van der Waals surface area (Å²) in [5.74, 6) is 0.491. The van der Waals surface area contributed by atoms with Crippen molar-refractivity contribution < 1.29 is 23.5 Å². The van der Waals surface area contributed by atoms with Crippen LogP contribution in [0.25, 0.3) is 5.69 Å². The minimum absolute atomic E-state index is 0.249. The van der Waals surface area contributed by atoms with Crippen LogP contribution in [0.2, 0.25) is 5.02 Å². The fourth-order valence-corrected chi connectivity index (χ4v) is 3.65. The zero-order valence-corrected chi connectivity index (χ0v) is 17.5. The maximum atomic E-state index is 12.7. The number of hydrogen-bond donors (Lipinski definition) is 2. The maximum absolute atomic E-state index is 12.7. The van der Waals surface area contributed by atoms with E-state index >= 15 is 0 Å². The third-order valence-electron chi connectivity index (χ3n) is 4.01. The molecular weight excluding hydrogens is 418 g/mol. The van der Waals surface area contributed by atoms with Crippen molar-refractivity contribution in [3.8, 4) is 17.2 Å². The Hall–Kier alpha value is -2.91. The van der Waals surface area contributed by atoms with Crippen LogP contribution >= 0.6 is 23.4 Å². The van der Waals surface area contributed by atoms with Gasteiger partial charge in [-0.25, -0.2) is 4.79 Å². The Morgan fingerprint density at radius 2 is 1.90 bits per heavy atom. The van der Waals surface area contributed by atoms with Gasteiger partial charge in [-0.1, -0.05) is 29.8 Å². The molecule has 1 unspecified atom stereocenters. The van der Waals surface area contributed by atoms with Gasteiger partial charge in [-0.05, 0) is 34.7 Å². The van der Waals surface area contributed by atoms with Gasteiger partial charge in [0.15, 0.2) is 0 Å². The molecule has 3 rings (SSSR count). The molecule has 0 spiro atoms. The Balaban J connectivity index is 1.80. The normalized spacial score (nSPS) is 11.7. The molecule has 0 aliphatic rings. The predicted octanol–water partition coefficient (Wildman–Crippen LogP) is 3.03. The topological polar surface area (TPSA) is 97.4 Å². The van der Waals surface area contributed by atoms with E-state index in [1.807, 2.05) is 30.3 Å². The summed E-state index contributed by atoms with van der Waals surface area (Å²) in [5, 5.41) is 5.28. The highest BCUT2D eigenvalue weighted by Crippen LogP contribution is 2.36. The van der Waals surface area contributed by atoms with E-state index in [4.69, 9.17) is 25.6 Å². The van der Waals surface area contributed by atoms with E-state index < -0.39 is 10.9 Å². The largest absolute Gasteiger partial charge is 0.495 e. The lowest BCUT2D eigenvalue weighted by molar-refractivity contribution is -0.704. The number of para-hydroxylation sites is 1. The van der Waals surface area contributed by atoms with Crippen LogP contribution in [0, 0.1) is 0 Å². The van der Waals surface area contributed by atoms with Crippen LogP contribution < -0.4 is 25.1 Å². The third-order valence-corrected chi connectivity index (χ3v) is 5.45. The van der Waals surface area contributed by atoms with Crippen LogP contribution in [-0.2, 0) is 4.79 Å². The molecule has 0 aliphatic carbocycles. The Labute approximate surface area is 175 Å². The standard InChI is InChI=1S/C19H18ClN3O5S/c1-11(17(24)21-14-9-13(20)15(26-2)10-16(14)27-3)29-18-19(25)28-22-23(18)12-7-5-4-6-8-12/h4-11H,1-3H3,(H-,21,22,24,25)/p+1. The van der Waals surface area contributed by atoms with Crippen molar-refractivity contribution in [3.05, 3.63) is 57.9 Å². The second-order valence-electron chi connectivity index (χ2n) is 5.89. The smallest absolute Gasteiger partial charge is 0.442 e. The zero-order chi connectivity index (χ0) is 21.0. The molecule has 3 aromatic rings. The molecule has 1 atom stereocenters. The lowest BCUT2D eigenvalue weighted by Crippen LogP contribution is -2.37. The first-order chi connectivity index (χ1) is 13.9. The molecular formula is C19H19ClN3O5S+. The average molecular weight is 437 g/mol. The molecule has 0 saturated heterocycles. The monoisotopic (exact) mass is 436 g/mol. The van der Waals surface area contributed by atoms with Crippen LogP contribution in [0.1, 0.15) is 6.92 Å². The number of ether oxygens (including phenoxy) is 2. The molecule has 10 heteroatoms. The van der Waals surface area contributed by atoms with Gasteiger partial charge >= 0.3 is 10.7 Å². The zero-order valence-electron chi connectivity index (χ0n) is 15.9. The SMILES string of the molecule is COc1cc(OC)c(NC(=O)C(C)Sc2c(=O)o[nH][n+]2-c2ccccc2)cc1Cl. The average Bonchev–Trinajstić information content (AvgIpc) is 3.09. The minimum atomic E-state index is -0.616. The lowest BCUT2D eigenvalue weighted by Gasteiger charge is -2.14. The number of anilines is 1. The molecule has 1 aromatic heterocycles. The number of methoxy groups -OCH3 is 2. The van der Waals surface area contributed by atoms with Gasteiger partial charge in [0, 0.05) is 18.2 Å². The summed E-state index contributed by atoms with van der Waals surface area (Å²) in [6.45, 7) is 1.68. The highest BCUT2D eigenvalue weighted by atomic mass is 35.5. The van der Waals surface area contributed by atoms with Crippen molar-refractivity contribution >= 4 is 35.0 Å². The molecule has 0 aliphatic heterocycles. The number of nitrogens with one attached hydrogen (secondary N) is 2. The number of rotatable bonds is 7. The van der Waals surface area contributed by atoms with E-state index in [-0.39, 0.29) is 10.9 Å². The molecule has 1 amide bonds.